The van der Waals surface area contributed by atoms with E-state index in [1.54, 1.807) is 18.9 Å². The van der Waals surface area contributed by atoms with E-state index >= 15 is 0 Å². The summed E-state index contributed by atoms with van der Waals surface area (Å²) in [5.41, 5.74) is 0.864. The predicted octanol–water partition coefficient (Wildman–Crippen LogP) is 5.32. The number of amides is 2. The molecule has 3 aromatic carbocycles. The van der Waals surface area contributed by atoms with Crippen molar-refractivity contribution in [2.24, 2.45) is 0 Å². The van der Waals surface area contributed by atoms with Gasteiger partial charge in [-0.05, 0) is 70.7 Å². The van der Waals surface area contributed by atoms with Crippen LogP contribution in [0.25, 0.3) is 10.8 Å². The number of carbonyl (C=O) groups excluding carboxylic acids is 2. The maximum atomic E-state index is 13.3. The van der Waals surface area contributed by atoms with Crippen molar-refractivity contribution < 1.29 is 19.1 Å². The number of hydrogen-bond donors (Lipinski definition) is 1. The molecule has 0 unspecified atom stereocenters. The third-order valence-electron chi connectivity index (χ3n) is 5.83. The van der Waals surface area contributed by atoms with Gasteiger partial charge >= 0.3 is 0 Å². The molecular formula is C27H31BrN2O4. The maximum Gasteiger partial charge on any atom is 0.261 e. The minimum absolute atomic E-state index is 0.0218. The summed E-state index contributed by atoms with van der Waals surface area (Å²) in [6, 6.07) is 18.6. The summed E-state index contributed by atoms with van der Waals surface area (Å²) in [6.07, 6.45) is 0.807. The van der Waals surface area contributed by atoms with Crippen molar-refractivity contribution in [2.45, 2.75) is 45.8 Å². The van der Waals surface area contributed by atoms with Gasteiger partial charge in [-0.15, -0.1) is 0 Å². The summed E-state index contributed by atoms with van der Waals surface area (Å²) in [6.45, 7) is 5.75. The van der Waals surface area contributed by atoms with Crippen LogP contribution in [0, 0.1) is 0 Å². The van der Waals surface area contributed by atoms with Gasteiger partial charge in [-0.2, -0.15) is 0 Å². The number of methoxy groups -OCH3 is 1. The van der Waals surface area contributed by atoms with E-state index in [2.05, 4.69) is 21.2 Å². The molecule has 180 valence electrons. The van der Waals surface area contributed by atoms with E-state index in [0.717, 1.165) is 27.2 Å². The monoisotopic (exact) mass is 526 g/mol. The number of fused-ring (bicyclic) bond motifs is 1. The Hall–Kier alpha value is -3.06. The minimum Gasteiger partial charge on any atom is -0.497 e. The summed E-state index contributed by atoms with van der Waals surface area (Å²) in [4.78, 5) is 27.7. The van der Waals surface area contributed by atoms with Crippen LogP contribution in [0.15, 0.2) is 65.1 Å². The lowest BCUT2D eigenvalue weighted by Crippen LogP contribution is -2.50. The SMILES string of the molecule is CC[C@@H](C)NC(=O)[C@H](C)N(Cc1cccc(OC)c1)C(=O)COc1ccc2ccccc2c1Br. The molecule has 2 amide bonds. The lowest BCUT2D eigenvalue weighted by molar-refractivity contribution is -0.142. The number of nitrogens with one attached hydrogen (secondary N) is 1. The first-order chi connectivity index (χ1) is 16.3. The van der Waals surface area contributed by atoms with Crippen LogP contribution >= 0.6 is 15.9 Å². The summed E-state index contributed by atoms with van der Waals surface area (Å²) >= 11 is 3.60. The molecule has 0 aromatic heterocycles. The second-order valence-electron chi connectivity index (χ2n) is 8.25. The van der Waals surface area contributed by atoms with Crippen molar-refractivity contribution in [3.8, 4) is 11.5 Å². The molecule has 3 rings (SSSR count). The number of nitrogens with zero attached hydrogens (tertiary/aromatic N) is 1. The van der Waals surface area contributed by atoms with E-state index < -0.39 is 6.04 Å². The lowest BCUT2D eigenvalue weighted by Gasteiger charge is -2.29. The molecule has 6 nitrogen and oxygen atoms in total. The Labute approximate surface area is 209 Å². The first-order valence-electron chi connectivity index (χ1n) is 11.4. The molecule has 0 aliphatic heterocycles. The van der Waals surface area contributed by atoms with Gasteiger partial charge in [0.2, 0.25) is 5.91 Å². The zero-order chi connectivity index (χ0) is 24.7. The zero-order valence-electron chi connectivity index (χ0n) is 20.0. The van der Waals surface area contributed by atoms with Crippen molar-refractivity contribution in [2.75, 3.05) is 13.7 Å². The number of benzene rings is 3. The quantitative estimate of drug-likeness (QED) is 0.388. The van der Waals surface area contributed by atoms with E-state index in [1.165, 1.54) is 0 Å². The Morgan fingerprint density at radius 3 is 2.56 bits per heavy atom. The summed E-state index contributed by atoms with van der Waals surface area (Å²) in [5, 5.41) is 5.04. The number of rotatable bonds is 10. The summed E-state index contributed by atoms with van der Waals surface area (Å²) in [5.74, 6) is 0.787. The predicted molar refractivity (Wildman–Crippen MR) is 138 cm³/mol. The van der Waals surface area contributed by atoms with Gasteiger partial charge in [-0.3, -0.25) is 9.59 Å². The van der Waals surface area contributed by atoms with Crippen LogP contribution < -0.4 is 14.8 Å². The molecular weight excluding hydrogens is 496 g/mol. The lowest BCUT2D eigenvalue weighted by atomic mass is 10.1. The number of carbonyl (C=O) groups is 2. The third kappa shape index (κ3) is 6.29. The van der Waals surface area contributed by atoms with Crippen LogP contribution in [0.5, 0.6) is 11.5 Å². The zero-order valence-corrected chi connectivity index (χ0v) is 21.6. The highest BCUT2D eigenvalue weighted by molar-refractivity contribution is 9.10. The molecule has 34 heavy (non-hydrogen) atoms. The largest absolute Gasteiger partial charge is 0.497 e. The summed E-state index contributed by atoms with van der Waals surface area (Å²) in [7, 11) is 1.60. The summed E-state index contributed by atoms with van der Waals surface area (Å²) < 4.78 is 12.0. The van der Waals surface area contributed by atoms with Crippen LogP contribution in [0.4, 0.5) is 0 Å². The smallest absolute Gasteiger partial charge is 0.261 e. The molecule has 0 bridgehead atoms. The minimum atomic E-state index is -0.670. The van der Waals surface area contributed by atoms with Crippen LogP contribution in [0.3, 0.4) is 0 Å². The molecule has 0 aliphatic carbocycles. The molecule has 0 radical (unpaired) electrons. The van der Waals surface area contributed by atoms with Crippen LogP contribution in [-0.4, -0.2) is 42.5 Å². The second-order valence-corrected chi connectivity index (χ2v) is 9.05. The second kappa shape index (κ2) is 11.9. The first kappa shape index (κ1) is 25.6. The molecule has 2 atom stereocenters. The van der Waals surface area contributed by atoms with Gasteiger partial charge in [0.25, 0.3) is 5.91 Å². The standard InChI is InChI=1S/C27H31BrN2O4/c1-5-18(2)29-27(32)19(3)30(16-20-9-8-11-22(15-20)33-4)25(31)17-34-24-14-13-21-10-6-7-12-23(21)26(24)28/h6-15,18-19H,5,16-17H2,1-4H3,(H,29,32)/t18-,19+/m1/s1. The van der Waals surface area contributed by atoms with E-state index in [1.807, 2.05) is 74.5 Å². The van der Waals surface area contributed by atoms with Crippen LogP contribution in [-0.2, 0) is 16.1 Å². The van der Waals surface area contributed by atoms with Gasteiger partial charge in [0.05, 0.1) is 11.6 Å². The molecule has 0 spiro atoms. The van der Waals surface area contributed by atoms with Crippen LogP contribution in [0.1, 0.15) is 32.8 Å². The third-order valence-corrected chi connectivity index (χ3v) is 6.65. The highest BCUT2D eigenvalue weighted by atomic mass is 79.9. The van der Waals surface area contributed by atoms with Crippen molar-refractivity contribution in [3.05, 3.63) is 70.7 Å². The Balaban J connectivity index is 1.80. The fourth-order valence-corrected chi connectivity index (χ4v) is 4.17. The van der Waals surface area contributed by atoms with Gasteiger partial charge in [-0.1, -0.05) is 49.4 Å². The van der Waals surface area contributed by atoms with Crippen molar-refractivity contribution in [1.82, 2.24) is 10.2 Å². The highest BCUT2D eigenvalue weighted by Crippen LogP contribution is 2.33. The molecule has 0 fully saturated rings. The van der Waals surface area contributed by atoms with Gasteiger partial charge in [0.1, 0.15) is 17.5 Å². The van der Waals surface area contributed by atoms with Gasteiger partial charge in [-0.25, -0.2) is 0 Å². The van der Waals surface area contributed by atoms with E-state index in [0.29, 0.717) is 11.5 Å². The highest BCUT2D eigenvalue weighted by Gasteiger charge is 2.27. The number of ether oxygens (including phenoxy) is 2. The average Bonchev–Trinajstić information content (AvgIpc) is 2.86. The van der Waals surface area contributed by atoms with E-state index in [4.69, 9.17) is 9.47 Å². The van der Waals surface area contributed by atoms with E-state index in [9.17, 15) is 9.59 Å². The van der Waals surface area contributed by atoms with Gasteiger partial charge in [0.15, 0.2) is 6.61 Å². The van der Waals surface area contributed by atoms with E-state index in [-0.39, 0.29) is 31.0 Å². The Morgan fingerprint density at radius 1 is 1.06 bits per heavy atom. The Kier molecular flexibility index (Phi) is 8.93. The van der Waals surface area contributed by atoms with Crippen molar-refractivity contribution >= 4 is 38.5 Å². The fourth-order valence-electron chi connectivity index (χ4n) is 3.56. The molecule has 7 heteroatoms. The van der Waals surface area contributed by atoms with Gasteiger partial charge < -0.3 is 19.7 Å². The molecule has 0 saturated carbocycles. The molecule has 1 N–H and O–H groups in total. The Bertz CT molecular complexity index is 1150. The molecule has 0 heterocycles. The fraction of sp³-hybridized carbons (Fsp3) is 0.333. The molecule has 3 aromatic rings. The number of halogens is 1. The topological polar surface area (TPSA) is 67.9 Å². The average molecular weight is 527 g/mol. The Morgan fingerprint density at radius 2 is 1.82 bits per heavy atom. The maximum absolute atomic E-state index is 13.3. The van der Waals surface area contributed by atoms with Crippen molar-refractivity contribution in [1.29, 1.82) is 0 Å². The molecule has 0 saturated heterocycles. The molecule has 0 aliphatic rings. The van der Waals surface area contributed by atoms with Crippen molar-refractivity contribution in [3.63, 3.8) is 0 Å². The first-order valence-corrected chi connectivity index (χ1v) is 12.2. The van der Waals surface area contributed by atoms with Gasteiger partial charge in [0, 0.05) is 12.6 Å². The number of hydrogen-bond acceptors (Lipinski definition) is 4. The van der Waals surface area contributed by atoms with Crippen LogP contribution in [0.2, 0.25) is 0 Å². The normalized spacial score (nSPS) is 12.6.